The van der Waals surface area contributed by atoms with E-state index in [0.717, 1.165) is 22.4 Å². The molecule has 2 heterocycles. The summed E-state index contributed by atoms with van der Waals surface area (Å²) in [4.78, 5) is 12.6. The quantitative estimate of drug-likeness (QED) is 0.692. The first-order valence-corrected chi connectivity index (χ1v) is 9.72. The summed E-state index contributed by atoms with van der Waals surface area (Å²) < 4.78 is 18.2. The molecule has 0 aliphatic carbocycles. The average molecular weight is 407 g/mol. The van der Waals surface area contributed by atoms with Crippen LogP contribution in [0.3, 0.4) is 0 Å². The van der Waals surface area contributed by atoms with E-state index < -0.39 is 0 Å². The molecule has 1 aromatic heterocycles. The maximum atomic E-state index is 12.6. The van der Waals surface area contributed by atoms with Crippen LogP contribution in [0.1, 0.15) is 34.6 Å². The van der Waals surface area contributed by atoms with E-state index in [0.29, 0.717) is 29.5 Å². The highest BCUT2D eigenvalue weighted by molar-refractivity contribution is 5.94. The molecule has 1 N–H and O–H groups in total. The molecule has 0 saturated carbocycles. The van der Waals surface area contributed by atoms with Gasteiger partial charge in [0.2, 0.25) is 11.7 Å². The Morgan fingerprint density at radius 3 is 2.33 bits per heavy atom. The minimum absolute atomic E-state index is 0.0623. The summed E-state index contributed by atoms with van der Waals surface area (Å²) in [6, 6.07) is 9.95. The van der Waals surface area contributed by atoms with E-state index in [1.54, 1.807) is 26.0 Å². The molecule has 1 aliphatic heterocycles. The van der Waals surface area contributed by atoms with E-state index in [2.05, 4.69) is 23.4 Å². The second-order valence-electron chi connectivity index (χ2n) is 7.41. The number of hydrogen-bond acceptors (Lipinski definition) is 5. The molecule has 0 radical (unpaired) electrons. The Kier molecular flexibility index (Phi) is 5.11. The van der Waals surface area contributed by atoms with Crippen LogP contribution in [0.25, 0.3) is 5.69 Å². The third-order valence-corrected chi connectivity index (χ3v) is 5.49. The minimum atomic E-state index is -0.179. The number of aromatic nitrogens is 2. The number of hydrogen-bond donors (Lipinski definition) is 1. The maximum absolute atomic E-state index is 12.6. The summed E-state index contributed by atoms with van der Waals surface area (Å²) in [7, 11) is 4.73. The predicted octanol–water partition coefficient (Wildman–Crippen LogP) is 3.99. The van der Waals surface area contributed by atoms with Gasteiger partial charge in [0, 0.05) is 17.9 Å². The summed E-state index contributed by atoms with van der Waals surface area (Å²) in [6.45, 7) is 4.09. The normalized spacial score (nSPS) is 15.4. The Morgan fingerprint density at radius 1 is 1.03 bits per heavy atom. The van der Waals surface area contributed by atoms with Crippen molar-refractivity contribution in [3.05, 3.63) is 58.8 Å². The van der Waals surface area contributed by atoms with Crippen molar-refractivity contribution in [1.29, 1.82) is 0 Å². The number of anilines is 1. The molecule has 30 heavy (non-hydrogen) atoms. The molecule has 1 atom stereocenters. The molecule has 3 aromatic rings. The van der Waals surface area contributed by atoms with Crippen molar-refractivity contribution >= 4 is 11.7 Å². The van der Waals surface area contributed by atoms with Gasteiger partial charge in [0.05, 0.1) is 33.2 Å². The maximum Gasteiger partial charge on any atom is 0.226 e. The summed E-state index contributed by atoms with van der Waals surface area (Å²) in [5.41, 5.74) is 5.05. The number of benzene rings is 2. The van der Waals surface area contributed by atoms with Gasteiger partial charge in [-0.2, -0.15) is 5.10 Å². The molecular formula is C23H25N3O4. The lowest BCUT2D eigenvalue weighted by molar-refractivity contribution is -0.116. The predicted molar refractivity (Wildman–Crippen MR) is 114 cm³/mol. The van der Waals surface area contributed by atoms with E-state index in [4.69, 9.17) is 14.2 Å². The Balaban J connectivity index is 1.84. The SMILES string of the molecule is COc1cc(C2CC(=O)Nc3c2cnn3-c2ccc(C)cc2C)cc(OC)c1OC. The van der Waals surface area contributed by atoms with E-state index in [9.17, 15) is 4.79 Å². The van der Waals surface area contributed by atoms with Crippen molar-refractivity contribution in [3.63, 3.8) is 0 Å². The van der Waals surface area contributed by atoms with E-state index >= 15 is 0 Å². The van der Waals surface area contributed by atoms with Crippen LogP contribution in [0.5, 0.6) is 17.2 Å². The molecule has 0 bridgehead atoms. The largest absolute Gasteiger partial charge is 0.493 e. The fourth-order valence-electron chi connectivity index (χ4n) is 4.05. The highest BCUT2D eigenvalue weighted by Gasteiger charge is 2.32. The molecular weight excluding hydrogens is 382 g/mol. The van der Waals surface area contributed by atoms with Gasteiger partial charge < -0.3 is 19.5 Å². The van der Waals surface area contributed by atoms with Gasteiger partial charge in [-0.25, -0.2) is 4.68 Å². The van der Waals surface area contributed by atoms with E-state index in [-0.39, 0.29) is 11.8 Å². The Bertz CT molecular complexity index is 1090. The molecule has 0 saturated heterocycles. The monoisotopic (exact) mass is 407 g/mol. The minimum Gasteiger partial charge on any atom is -0.493 e. The van der Waals surface area contributed by atoms with Gasteiger partial charge in [-0.1, -0.05) is 17.7 Å². The number of nitrogens with one attached hydrogen (secondary N) is 1. The average Bonchev–Trinajstić information content (AvgIpc) is 3.15. The first-order valence-electron chi connectivity index (χ1n) is 9.72. The number of aryl methyl sites for hydroxylation is 2. The van der Waals surface area contributed by atoms with Crippen LogP contribution in [0.4, 0.5) is 5.82 Å². The van der Waals surface area contributed by atoms with Crippen LogP contribution >= 0.6 is 0 Å². The number of fused-ring (bicyclic) bond motifs is 1. The van der Waals surface area contributed by atoms with E-state index in [1.165, 1.54) is 5.56 Å². The molecule has 0 spiro atoms. The number of carbonyl (C=O) groups is 1. The van der Waals surface area contributed by atoms with Crippen LogP contribution in [0, 0.1) is 13.8 Å². The zero-order valence-corrected chi connectivity index (χ0v) is 17.8. The van der Waals surface area contributed by atoms with Gasteiger partial charge in [0.15, 0.2) is 11.5 Å². The Morgan fingerprint density at radius 2 is 1.73 bits per heavy atom. The van der Waals surface area contributed by atoms with Crippen LogP contribution in [0.2, 0.25) is 0 Å². The fourth-order valence-corrected chi connectivity index (χ4v) is 4.05. The lowest BCUT2D eigenvalue weighted by Gasteiger charge is -2.25. The molecule has 0 fully saturated rings. The number of methoxy groups -OCH3 is 3. The molecule has 1 unspecified atom stereocenters. The van der Waals surface area contributed by atoms with Gasteiger partial charge in [-0.05, 0) is 43.2 Å². The summed E-state index contributed by atoms with van der Waals surface area (Å²) in [5.74, 6) is 2.09. The van der Waals surface area contributed by atoms with Crippen LogP contribution in [0.15, 0.2) is 36.5 Å². The summed E-state index contributed by atoms with van der Waals surface area (Å²) in [6.07, 6.45) is 2.13. The van der Waals surface area contributed by atoms with E-state index in [1.807, 2.05) is 37.4 Å². The van der Waals surface area contributed by atoms with Crippen molar-refractivity contribution < 1.29 is 19.0 Å². The number of rotatable bonds is 5. The topological polar surface area (TPSA) is 74.6 Å². The first kappa shape index (κ1) is 19.8. The smallest absolute Gasteiger partial charge is 0.226 e. The van der Waals surface area contributed by atoms with Crippen molar-refractivity contribution in [2.45, 2.75) is 26.2 Å². The highest BCUT2D eigenvalue weighted by atomic mass is 16.5. The molecule has 2 aromatic carbocycles. The van der Waals surface area contributed by atoms with Gasteiger partial charge >= 0.3 is 0 Å². The summed E-state index contributed by atoms with van der Waals surface area (Å²) in [5, 5.41) is 7.61. The van der Waals surface area contributed by atoms with Crippen LogP contribution in [-0.4, -0.2) is 37.0 Å². The zero-order chi connectivity index (χ0) is 21.4. The van der Waals surface area contributed by atoms with Crippen molar-refractivity contribution in [2.75, 3.05) is 26.6 Å². The molecule has 156 valence electrons. The molecule has 7 heteroatoms. The van der Waals surface area contributed by atoms with Gasteiger partial charge in [-0.15, -0.1) is 0 Å². The number of amides is 1. The number of carbonyl (C=O) groups excluding carboxylic acids is 1. The lowest BCUT2D eigenvalue weighted by atomic mass is 9.87. The third-order valence-electron chi connectivity index (χ3n) is 5.49. The second kappa shape index (κ2) is 7.74. The standard InChI is InChI=1S/C23H25N3O4/c1-13-6-7-18(14(2)8-13)26-23-17(12-24-26)16(11-21(27)25-23)15-9-19(28-3)22(30-5)20(10-15)29-4/h6-10,12,16H,11H2,1-5H3,(H,25,27). The molecule has 7 nitrogen and oxygen atoms in total. The highest BCUT2D eigenvalue weighted by Crippen LogP contribution is 2.45. The molecule has 1 aliphatic rings. The lowest BCUT2D eigenvalue weighted by Crippen LogP contribution is -2.24. The number of ether oxygens (including phenoxy) is 3. The summed E-state index contributed by atoms with van der Waals surface area (Å²) >= 11 is 0. The van der Waals surface area contributed by atoms with Gasteiger partial charge in [0.1, 0.15) is 5.82 Å². The van der Waals surface area contributed by atoms with Crippen LogP contribution < -0.4 is 19.5 Å². The van der Waals surface area contributed by atoms with Crippen molar-refractivity contribution in [1.82, 2.24) is 9.78 Å². The molecule has 1 amide bonds. The van der Waals surface area contributed by atoms with Gasteiger partial charge in [0.25, 0.3) is 0 Å². The van der Waals surface area contributed by atoms with Crippen molar-refractivity contribution in [3.8, 4) is 22.9 Å². The third kappa shape index (κ3) is 3.26. The zero-order valence-electron chi connectivity index (χ0n) is 17.8. The first-order chi connectivity index (χ1) is 14.5. The fraction of sp³-hybridized carbons (Fsp3) is 0.304. The van der Waals surface area contributed by atoms with Gasteiger partial charge in [-0.3, -0.25) is 4.79 Å². The number of nitrogens with zero attached hydrogens (tertiary/aromatic N) is 2. The Hall–Kier alpha value is -3.48. The second-order valence-corrected chi connectivity index (χ2v) is 7.41. The molecule has 4 rings (SSSR count). The van der Waals surface area contributed by atoms with Crippen molar-refractivity contribution in [2.24, 2.45) is 0 Å². The van der Waals surface area contributed by atoms with Crippen LogP contribution in [-0.2, 0) is 4.79 Å². The Labute approximate surface area is 175 Å².